The van der Waals surface area contributed by atoms with Gasteiger partial charge in [0.25, 0.3) is 0 Å². The zero-order valence-electron chi connectivity index (χ0n) is 9.33. The first-order chi connectivity index (χ1) is 7.40. The number of para-hydroxylation sites is 1. The molecular formula is C13H19NS. The Labute approximate surface area is 96.7 Å². The van der Waals surface area contributed by atoms with Crippen molar-refractivity contribution in [1.29, 1.82) is 0 Å². The van der Waals surface area contributed by atoms with Crippen LogP contribution in [0.25, 0.3) is 0 Å². The average molecular weight is 221 g/mol. The molecule has 0 aliphatic carbocycles. The Balaban J connectivity index is 2.05. The average Bonchev–Trinajstić information content (AvgIpc) is 2.74. The number of hydrogen-bond donors (Lipinski definition) is 1. The molecule has 15 heavy (non-hydrogen) atoms. The molecule has 0 amide bonds. The van der Waals surface area contributed by atoms with Crippen LogP contribution in [0.1, 0.15) is 25.3 Å². The quantitative estimate of drug-likeness (QED) is 0.834. The Hall–Kier alpha value is -0.630. The SMILES string of the molecule is CCCc1ccccc1N[C@@H]1CCSC1. The minimum atomic E-state index is 0.688. The van der Waals surface area contributed by atoms with Crippen LogP contribution < -0.4 is 5.32 Å². The van der Waals surface area contributed by atoms with E-state index < -0.39 is 0 Å². The van der Waals surface area contributed by atoms with Crippen molar-refractivity contribution in [2.24, 2.45) is 0 Å². The van der Waals surface area contributed by atoms with Gasteiger partial charge in [0, 0.05) is 17.5 Å². The molecule has 1 heterocycles. The van der Waals surface area contributed by atoms with Crippen LogP contribution >= 0.6 is 11.8 Å². The third-order valence-electron chi connectivity index (χ3n) is 2.83. The standard InChI is InChI=1S/C13H19NS/c1-2-5-11-6-3-4-7-13(11)14-12-8-9-15-10-12/h3-4,6-7,12,14H,2,5,8-10H2,1H3/t12-/m1/s1. The first-order valence-electron chi connectivity index (χ1n) is 5.82. The number of anilines is 1. The molecule has 1 aromatic carbocycles. The third-order valence-corrected chi connectivity index (χ3v) is 3.99. The monoisotopic (exact) mass is 221 g/mol. The molecule has 1 aliphatic heterocycles. The van der Waals surface area contributed by atoms with E-state index in [0.29, 0.717) is 6.04 Å². The predicted molar refractivity (Wildman–Crippen MR) is 69.8 cm³/mol. The van der Waals surface area contributed by atoms with Crippen LogP contribution in [0.15, 0.2) is 24.3 Å². The molecule has 0 aromatic heterocycles. The predicted octanol–water partition coefficient (Wildman–Crippen LogP) is 3.56. The molecule has 1 atom stereocenters. The Morgan fingerprint density at radius 3 is 3.00 bits per heavy atom. The van der Waals surface area contributed by atoms with Crippen molar-refractivity contribution in [3.8, 4) is 0 Å². The summed E-state index contributed by atoms with van der Waals surface area (Å²) in [5, 5.41) is 3.67. The number of nitrogens with one attached hydrogen (secondary N) is 1. The summed E-state index contributed by atoms with van der Waals surface area (Å²) in [6.45, 7) is 2.24. The maximum atomic E-state index is 3.67. The van der Waals surface area contributed by atoms with Crippen LogP contribution in [-0.2, 0) is 6.42 Å². The number of thioether (sulfide) groups is 1. The van der Waals surface area contributed by atoms with Crippen LogP contribution in [-0.4, -0.2) is 17.5 Å². The zero-order valence-corrected chi connectivity index (χ0v) is 10.1. The lowest BCUT2D eigenvalue weighted by atomic mass is 10.1. The van der Waals surface area contributed by atoms with Crippen molar-refractivity contribution in [1.82, 2.24) is 0 Å². The summed E-state index contributed by atoms with van der Waals surface area (Å²) in [6, 6.07) is 9.42. The highest BCUT2D eigenvalue weighted by atomic mass is 32.2. The topological polar surface area (TPSA) is 12.0 Å². The smallest absolute Gasteiger partial charge is 0.0375 e. The van der Waals surface area contributed by atoms with Gasteiger partial charge in [-0.05, 0) is 30.2 Å². The normalized spacial score (nSPS) is 20.5. The minimum Gasteiger partial charge on any atom is -0.381 e. The summed E-state index contributed by atoms with van der Waals surface area (Å²) in [5.41, 5.74) is 2.82. The highest BCUT2D eigenvalue weighted by molar-refractivity contribution is 7.99. The molecule has 1 aliphatic rings. The van der Waals surface area contributed by atoms with Gasteiger partial charge >= 0.3 is 0 Å². The van der Waals surface area contributed by atoms with Crippen LogP contribution in [0.5, 0.6) is 0 Å². The van der Waals surface area contributed by atoms with Crippen molar-refractivity contribution in [3.05, 3.63) is 29.8 Å². The molecule has 1 nitrogen and oxygen atoms in total. The maximum Gasteiger partial charge on any atom is 0.0375 e. The van der Waals surface area contributed by atoms with E-state index in [4.69, 9.17) is 0 Å². The highest BCUT2D eigenvalue weighted by Crippen LogP contribution is 2.24. The fraction of sp³-hybridized carbons (Fsp3) is 0.538. The molecule has 82 valence electrons. The summed E-state index contributed by atoms with van der Waals surface area (Å²) in [4.78, 5) is 0. The Morgan fingerprint density at radius 1 is 1.40 bits per heavy atom. The molecule has 1 N–H and O–H groups in total. The lowest BCUT2D eigenvalue weighted by molar-refractivity contribution is 0.807. The number of benzene rings is 1. The van der Waals surface area contributed by atoms with Crippen LogP contribution in [0.2, 0.25) is 0 Å². The summed E-state index contributed by atoms with van der Waals surface area (Å²) < 4.78 is 0. The Bertz CT molecular complexity index is 305. The molecule has 0 radical (unpaired) electrons. The second-order valence-corrected chi connectivity index (χ2v) is 5.26. The third kappa shape index (κ3) is 2.91. The summed E-state index contributed by atoms with van der Waals surface area (Å²) >= 11 is 2.06. The minimum absolute atomic E-state index is 0.688. The molecule has 2 heteroatoms. The fourth-order valence-corrected chi connectivity index (χ4v) is 3.17. The lowest BCUT2D eigenvalue weighted by Crippen LogP contribution is -2.18. The molecule has 0 bridgehead atoms. The van der Waals surface area contributed by atoms with E-state index in [0.717, 1.165) is 0 Å². The van der Waals surface area contributed by atoms with Gasteiger partial charge < -0.3 is 5.32 Å². The summed E-state index contributed by atoms with van der Waals surface area (Å²) in [5.74, 6) is 2.58. The second kappa shape index (κ2) is 5.45. The molecule has 2 rings (SSSR count). The van der Waals surface area contributed by atoms with Gasteiger partial charge in [-0.15, -0.1) is 0 Å². The van der Waals surface area contributed by atoms with Crippen molar-refractivity contribution < 1.29 is 0 Å². The lowest BCUT2D eigenvalue weighted by Gasteiger charge is -2.16. The van der Waals surface area contributed by atoms with Crippen molar-refractivity contribution in [2.45, 2.75) is 32.2 Å². The van der Waals surface area contributed by atoms with E-state index in [1.54, 1.807) is 0 Å². The Morgan fingerprint density at radius 2 is 2.27 bits per heavy atom. The fourth-order valence-electron chi connectivity index (χ4n) is 2.02. The number of hydrogen-bond acceptors (Lipinski definition) is 2. The van der Waals surface area contributed by atoms with Crippen molar-refractivity contribution in [2.75, 3.05) is 16.8 Å². The highest BCUT2D eigenvalue weighted by Gasteiger charge is 2.15. The first kappa shape index (κ1) is 10.9. The summed E-state index contributed by atoms with van der Waals surface area (Å²) in [7, 11) is 0. The first-order valence-corrected chi connectivity index (χ1v) is 6.98. The molecular weight excluding hydrogens is 202 g/mol. The van der Waals surface area contributed by atoms with E-state index >= 15 is 0 Å². The Kier molecular flexibility index (Phi) is 3.95. The molecule has 0 spiro atoms. The summed E-state index contributed by atoms with van der Waals surface area (Å²) in [6.07, 6.45) is 3.71. The van der Waals surface area contributed by atoms with Gasteiger partial charge in [-0.25, -0.2) is 0 Å². The van der Waals surface area contributed by atoms with Gasteiger partial charge in [0.05, 0.1) is 0 Å². The van der Waals surface area contributed by atoms with Gasteiger partial charge in [0.15, 0.2) is 0 Å². The molecule has 1 fully saturated rings. The maximum absolute atomic E-state index is 3.67. The zero-order chi connectivity index (χ0) is 10.5. The molecule has 1 aromatic rings. The van der Waals surface area contributed by atoms with Crippen LogP contribution in [0.3, 0.4) is 0 Å². The second-order valence-electron chi connectivity index (χ2n) is 4.11. The van der Waals surface area contributed by atoms with Gasteiger partial charge in [0.2, 0.25) is 0 Å². The van der Waals surface area contributed by atoms with Crippen LogP contribution in [0.4, 0.5) is 5.69 Å². The van der Waals surface area contributed by atoms with E-state index in [-0.39, 0.29) is 0 Å². The van der Waals surface area contributed by atoms with Gasteiger partial charge in [0.1, 0.15) is 0 Å². The molecule has 0 unspecified atom stereocenters. The van der Waals surface area contributed by atoms with Crippen molar-refractivity contribution >= 4 is 17.4 Å². The van der Waals surface area contributed by atoms with E-state index in [9.17, 15) is 0 Å². The van der Waals surface area contributed by atoms with Crippen LogP contribution in [0, 0.1) is 0 Å². The van der Waals surface area contributed by atoms with E-state index in [1.807, 2.05) is 0 Å². The molecule has 1 saturated heterocycles. The number of aryl methyl sites for hydroxylation is 1. The molecule has 0 saturated carbocycles. The van der Waals surface area contributed by atoms with E-state index in [2.05, 4.69) is 48.3 Å². The van der Waals surface area contributed by atoms with Gasteiger partial charge in [-0.3, -0.25) is 0 Å². The number of rotatable bonds is 4. The van der Waals surface area contributed by atoms with Gasteiger partial charge in [-0.1, -0.05) is 31.5 Å². The largest absolute Gasteiger partial charge is 0.381 e. The van der Waals surface area contributed by atoms with Gasteiger partial charge in [-0.2, -0.15) is 11.8 Å². The van der Waals surface area contributed by atoms with Crippen molar-refractivity contribution in [3.63, 3.8) is 0 Å². The van der Waals surface area contributed by atoms with E-state index in [1.165, 1.54) is 42.0 Å².